The first-order valence-corrected chi connectivity index (χ1v) is 7.45. The van der Waals surface area contributed by atoms with Crippen LogP contribution in [0, 0.1) is 0 Å². The molecule has 108 valence electrons. The fraction of sp³-hybridized carbons (Fsp3) is 0.214. The van der Waals surface area contributed by atoms with Crippen molar-refractivity contribution in [3.63, 3.8) is 0 Å². The second-order valence-electron chi connectivity index (χ2n) is 4.19. The van der Waals surface area contributed by atoms with Gasteiger partial charge in [-0.05, 0) is 25.1 Å². The predicted octanol–water partition coefficient (Wildman–Crippen LogP) is 2.01. The number of nitrogens with zero attached hydrogens (tertiary/aromatic N) is 1. The molecule has 0 radical (unpaired) electrons. The first-order valence-electron chi connectivity index (χ1n) is 6.01. The average Bonchev–Trinajstić information content (AvgIpc) is 2.39. The normalized spacial score (nSPS) is 12.4. The second-order valence-corrected chi connectivity index (χ2v) is 6.34. The molecule has 6 heteroatoms. The maximum atomic E-state index is 12.0. The van der Waals surface area contributed by atoms with E-state index in [2.05, 4.69) is 5.32 Å². The summed E-state index contributed by atoms with van der Waals surface area (Å²) in [6.45, 7) is 1.85. The fourth-order valence-electron chi connectivity index (χ4n) is 1.38. The number of allylic oxidation sites excluding steroid dienone is 3. The minimum Gasteiger partial charge on any atom is -0.322 e. The molecule has 0 aliphatic carbocycles. The SMILES string of the molecule is C/C=C/C=C/C(=O)Nc1cccc(S(=O)(=O)N(C)C)c1. The van der Waals surface area contributed by atoms with Gasteiger partial charge < -0.3 is 5.32 Å². The summed E-state index contributed by atoms with van der Waals surface area (Å²) in [7, 11) is -0.586. The molecule has 20 heavy (non-hydrogen) atoms. The molecule has 1 aromatic rings. The second kappa shape index (κ2) is 7.02. The average molecular weight is 294 g/mol. The quantitative estimate of drug-likeness (QED) is 0.667. The van der Waals surface area contributed by atoms with Crippen LogP contribution in [0.3, 0.4) is 0 Å². The van der Waals surface area contributed by atoms with Crippen molar-refractivity contribution in [3.8, 4) is 0 Å². The van der Waals surface area contributed by atoms with E-state index in [-0.39, 0.29) is 10.8 Å². The van der Waals surface area contributed by atoms with Crippen molar-refractivity contribution in [2.45, 2.75) is 11.8 Å². The number of sulfonamides is 1. The van der Waals surface area contributed by atoms with Gasteiger partial charge >= 0.3 is 0 Å². The first-order chi connectivity index (χ1) is 9.37. The highest BCUT2D eigenvalue weighted by Crippen LogP contribution is 2.17. The first kappa shape index (κ1) is 16.1. The largest absolute Gasteiger partial charge is 0.322 e. The molecule has 0 heterocycles. The number of benzene rings is 1. The number of hydrogen-bond donors (Lipinski definition) is 1. The number of anilines is 1. The van der Waals surface area contributed by atoms with Gasteiger partial charge in [-0.2, -0.15) is 0 Å². The van der Waals surface area contributed by atoms with Crippen molar-refractivity contribution in [1.82, 2.24) is 4.31 Å². The molecule has 1 rings (SSSR count). The van der Waals surface area contributed by atoms with E-state index in [1.807, 2.05) is 6.92 Å². The summed E-state index contributed by atoms with van der Waals surface area (Å²) in [6, 6.07) is 6.13. The number of carbonyl (C=O) groups excluding carboxylic acids is 1. The van der Waals surface area contributed by atoms with Crippen molar-refractivity contribution < 1.29 is 13.2 Å². The lowest BCUT2D eigenvalue weighted by atomic mass is 10.3. The summed E-state index contributed by atoms with van der Waals surface area (Å²) >= 11 is 0. The van der Waals surface area contributed by atoms with Crippen LogP contribution in [0.1, 0.15) is 6.92 Å². The molecule has 1 aromatic carbocycles. The van der Waals surface area contributed by atoms with Crippen LogP contribution in [-0.4, -0.2) is 32.7 Å². The number of amides is 1. The van der Waals surface area contributed by atoms with E-state index in [4.69, 9.17) is 0 Å². The Hall–Kier alpha value is -1.92. The zero-order chi connectivity index (χ0) is 15.2. The summed E-state index contributed by atoms with van der Waals surface area (Å²) in [4.78, 5) is 11.7. The maximum absolute atomic E-state index is 12.0. The van der Waals surface area contributed by atoms with E-state index in [1.165, 1.54) is 32.3 Å². The third-order valence-corrected chi connectivity index (χ3v) is 4.24. The van der Waals surface area contributed by atoms with Crippen LogP contribution in [0.25, 0.3) is 0 Å². The lowest BCUT2D eigenvalue weighted by Crippen LogP contribution is -2.22. The molecule has 0 fully saturated rings. The number of nitrogens with one attached hydrogen (secondary N) is 1. The molecule has 1 N–H and O–H groups in total. The molecule has 0 spiro atoms. The Balaban J connectivity index is 2.92. The molecular formula is C14H18N2O3S. The predicted molar refractivity (Wildman–Crippen MR) is 79.9 cm³/mol. The van der Waals surface area contributed by atoms with Gasteiger partial charge in [-0.3, -0.25) is 4.79 Å². The van der Waals surface area contributed by atoms with Crippen molar-refractivity contribution in [3.05, 3.63) is 48.6 Å². The number of hydrogen-bond acceptors (Lipinski definition) is 3. The van der Waals surface area contributed by atoms with Gasteiger partial charge in [-0.25, -0.2) is 12.7 Å². The zero-order valence-electron chi connectivity index (χ0n) is 11.7. The Morgan fingerprint density at radius 3 is 2.55 bits per heavy atom. The third kappa shape index (κ3) is 4.32. The summed E-state index contributed by atoms with van der Waals surface area (Å²) in [5.74, 6) is -0.317. The molecule has 0 saturated heterocycles. The topological polar surface area (TPSA) is 66.5 Å². The molecule has 0 atom stereocenters. The Kier molecular flexibility index (Phi) is 5.66. The van der Waals surface area contributed by atoms with Crippen LogP contribution >= 0.6 is 0 Å². The van der Waals surface area contributed by atoms with E-state index in [0.29, 0.717) is 5.69 Å². The van der Waals surface area contributed by atoms with Crippen molar-refractivity contribution in [2.24, 2.45) is 0 Å². The van der Waals surface area contributed by atoms with Crippen LogP contribution in [0.5, 0.6) is 0 Å². The van der Waals surface area contributed by atoms with Crippen molar-refractivity contribution in [1.29, 1.82) is 0 Å². The summed E-state index contributed by atoms with van der Waals surface area (Å²) in [6.07, 6.45) is 6.50. The molecule has 0 unspecified atom stereocenters. The monoisotopic (exact) mass is 294 g/mol. The Labute approximate surface area is 119 Å². The van der Waals surface area contributed by atoms with Gasteiger partial charge in [0, 0.05) is 25.9 Å². The van der Waals surface area contributed by atoms with Gasteiger partial charge in [-0.15, -0.1) is 0 Å². The standard InChI is InChI=1S/C14H18N2O3S/c1-4-5-6-10-14(17)15-12-8-7-9-13(11-12)20(18,19)16(2)3/h4-11H,1-3H3,(H,15,17)/b5-4+,10-6+. The lowest BCUT2D eigenvalue weighted by molar-refractivity contribution is -0.111. The van der Waals surface area contributed by atoms with E-state index in [1.54, 1.807) is 30.4 Å². The molecule has 0 saturated carbocycles. The molecule has 0 aliphatic rings. The number of carbonyl (C=O) groups is 1. The van der Waals surface area contributed by atoms with Crippen molar-refractivity contribution in [2.75, 3.05) is 19.4 Å². The van der Waals surface area contributed by atoms with E-state index >= 15 is 0 Å². The molecular weight excluding hydrogens is 276 g/mol. The Morgan fingerprint density at radius 1 is 1.25 bits per heavy atom. The minimum atomic E-state index is -3.50. The smallest absolute Gasteiger partial charge is 0.248 e. The third-order valence-electron chi connectivity index (χ3n) is 2.43. The summed E-state index contributed by atoms with van der Waals surface area (Å²) in [5.41, 5.74) is 0.433. The van der Waals surface area contributed by atoms with Crippen LogP contribution in [0.15, 0.2) is 53.5 Å². The van der Waals surface area contributed by atoms with Crippen LogP contribution in [0.2, 0.25) is 0 Å². The zero-order valence-corrected chi connectivity index (χ0v) is 12.5. The molecule has 0 aliphatic heterocycles. The van der Waals surface area contributed by atoms with Gasteiger partial charge in [0.15, 0.2) is 0 Å². The number of rotatable bonds is 5. The minimum absolute atomic E-state index is 0.137. The summed E-state index contributed by atoms with van der Waals surface area (Å²) < 4.78 is 25.1. The molecule has 0 bridgehead atoms. The van der Waals surface area contributed by atoms with Crippen LogP contribution in [0.4, 0.5) is 5.69 Å². The van der Waals surface area contributed by atoms with Gasteiger partial charge in [0.05, 0.1) is 4.90 Å². The van der Waals surface area contributed by atoms with Crippen LogP contribution in [-0.2, 0) is 14.8 Å². The molecule has 5 nitrogen and oxygen atoms in total. The van der Waals surface area contributed by atoms with Crippen LogP contribution < -0.4 is 5.32 Å². The Morgan fingerprint density at radius 2 is 1.95 bits per heavy atom. The lowest BCUT2D eigenvalue weighted by Gasteiger charge is -2.12. The van der Waals surface area contributed by atoms with Gasteiger partial charge in [0.25, 0.3) is 0 Å². The molecule has 0 aromatic heterocycles. The van der Waals surface area contributed by atoms with Crippen molar-refractivity contribution >= 4 is 21.6 Å². The molecule has 1 amide bonds. The Bertz CT molecular complexity index is 632. The highest BCUT2D eigenvalue weighted by atomic mass is 32.2. The summed E-state index contributed by atoms with van der Waals surface area (Å²) in [5, 5.41) is 2.61. The van der Waals surface area contributed by atoms with E-state index in [0.717, 1.165) is 4.31 Å². The maximum Gasteiger partial charge on any atom is 0.248 e. The van der Waals surface area contributed by atoms with E-state index < -0.39 is 10.0 Å². The van der Waals surface area contributed by atoms with Gasteiger partial charge in [-0.1, -0.05) is 24.3 Å². The van der Waals surface area contributed by atoms with Gasteiger partial charge in [0.1, 0.15) is 0 Å². The highest BCUT2D eigenvalue weighted by Gasteiger charge is 2.17. The highest BCUT2D eigenvalue weighted by molar-refractivity contribution is 7.89. The fourth-order valence-corrected chi connectivity index (χ4v) is 2.33. The van der Waals surface area contributed by atoms with Gasteiger partial charge in [0.2, 0.25) is 15.9 Å². The van der Waals surface area contributed by atoms with E-state index in [9.17, 15) is 13.2 Å².